The molecule has 15 heavy (non-hydrogen) atoms. The highest BCUT2D eigenvalue weighted by atomic mass is 14.1. The fraction of sp³-hybridized carbons (Fsp3) is 0.200. The maximum absolute atomic E-state index is 4.16. The van der Waals surface area contributed by atoms with Crippen molar-refractivity contribution in [1.29, 1.82) is 0 Å². The molecule has 0 saturated carbocycles. The van der Waals surface area contributed by atoms with Gasteiger partial charge in [-0.05, 0) is 43.1 Å². The molecule has 0 fully saturated rings. The van der Waals surface area contributed by atoms with E-state index < -0.39 is 0 Å². The lowest BCUT2D eigenvalue weighted by atomic mass is 9.94. The molecule has 0 bridgehead atoms. The normalized spacial score (nSPS) is 12.7. The lowest BCUT2D eigenvalue weighted by molar-refractivity contribution is 1.38. The number of benzene rings is 1. The molecule has 0 saturated heterocycles. The van der Waals surface area contributed by atoms with Crippen LogP contribution in [0.15, 0.2) is 60.2 Å². The first-order valence-electron chi connectivity index (χ1n) is 5.25. The van der Waals surface area contributed by atoms with Crippen molar-refractivity contribution in [2.24, 2.45) is 0 Å². The van der Waals surface area contributed by atoms with E-state index in [2.05, 4.69) is 51.6 Å². The molecular weight excluding hydrogens is 180 g/mol. The van der Waals surface area contributed by atoms with E-state index >= 15 is 0 Å². The fourth-order valence-corrected chi connectivity index (χ4v) is 1.59. The van der Waals surface area contributed by atoms with Crippen LogP contribution in [-0.4, -0.2) is 0 Å². The van der Waals surface area contributed by atoms with E-state index in [0.29, 0.717) is 0 Å². The predicted octanol–water partition coefficient (Wildman–Crippen LogP) is 4.61. The van der Waals surface area contributed by atoms with Crippen LogP contribution in [0, 0.1) is 0 Å². The first kappa shape index (κ1) is 11.5. The monoisotopic (exact) mass is 198 g/mol. The third-order valence-corrected chi connectivity index (χ3v) is 2.59. The smallest absolute Gasteiger partial charge is 0.0184 e. The maximum atomic E-state index is 4.16. The number of hydrogen-bond acceptors (Lipinski definition) is 0. The Kier molecular flexibility index (Phi) is 4.11. The molecule has 78 valence electrons. The molecule has 1 aromatic carbocycles. The second-order valence-corrected chi connectivity index (χ2v) is 3.52. The van der Waals surface area contributed by atoms with Crippen molar-refractivity contribution in [3.63, 3.8) is 0 Å². The molecular formula is C15H18. The lowest BCUT2D eigenvalue weighted by Crippen LogP contribution is -1.90. The van der Waals surface area contributed by atoms with Crippen LogP contribution in [0.3, 0.4) is 0 Å². The molecule has 0 heterocycles. The van der Waals surface area contributed by atoms with Gasteiger partial charge >= 0.3 is 0 Å². The van der Waals surface area contributed by atoms with E-state index in [-0.39, 0.29) is 0 Å². The molecule has 0 spiro atoms. The van der Waals surface area contributed by atoms with Crippen LogP contribution in [0.25, 0.3) is 5.57 Å². The minimum Gasteiger partial charge on any atom is -0.0906 e. The van der Waals surface area contributed by atoms with Gasteiger partial charge in [0, 0.05) is 0 Å². The first-order valence-corrected chi connectivity index (χ1v) is 5.25. The summed E-state index contributed by atoms with van der Waals surface area (Å²) in [5, 5.41) is 0. The Morgan fingerprint density at radius 3 is 2.13 bits per heavy atom. The molecule has 0 amide bonds. The molecule has 0 unspecified atom stereocenters. The zero-order valence-electron chi connectivity index (χ0n) is 9.75. The van der Waals surface area contributed by atoms with E-state index in [4.69, 9.17) is 0 Å². The van der Waals surface area contributed by atoms with Crippen molar-refractivity contribution in [3.05, 3.63) is 65.8 Å². The lowest BCUT2D eigenvalue weighted by Gasteiger charge is -2.11. The molecule has 0 aliphatic heterocycles. The summed E-state index contributed by atoms with van der Waals surface area (Å²) in [6.45, 7) is 10.4. The number of allylic oxidation sites excluding steroid dienone is 5. The Balaban J connectivity index is 3.05. The topological polar surface area (TPSA) is 0 Å². The highest BCUT2D eigenvalue weighted by Gasteiger charge is 2.05. The van der Waals surface area contributed by atoms with E-state index in [1.807, 2.05) is 18.2 Å². The largest absolute Gasteiger partial charge is 0.0906 e. The van der Waals surface area contributed by atoms with Crippen molar-refractivity contribution in [3.8, 4) is 0 Å². The fourth-order valence-electron chi connectivity index (χ4n) is 1.59. The summed E-state index contributed by atoms with van der Waals surface area (Å²) >= 11 is 0. The summed E-state index contributed by atoms with van der Waals surface area (Å²) in [5.74, 6) is 0. The summed E-state index contributed by atoms with van der Waals surface area (Å²) in [5.41, 5.74) is 4.77. The highest BCUT2D eigenvalue weighted by Crippen LogP contribution is 2.26. The zero-order chi connectivity index (χ0) is 11.3. The van der Waals surface area contributed by atoms with Crippen LogP contribution >= 0.6 is 0 Å². The van der Waals surface area contributed by atoms with Gasteiger partial charge in [-0.25, -0.2) is 0 Å². The molecule has 0 N–H and O–H groups in total. The van der Waals surface area contributed by atoms with Gasteiger partial charge in [-0.15, -0.1) is 0 Å². The highest BCUT2D eigenvalue weighted by molar-refractivity contribution is 5.81. The first-order chi connectivity index (χ1) is 7.20. The van der Waals surface area contributed by atoms with E-state index in [0.717, 1.165) is 5.57 Å². The second-order valence-electron chi connectivity index (χ2n) is 3.52. The predicted molar refractivity (Wildman–Crippen MR) is 68.7 cm³/mol. The van der Waals surface area contributed by atoms with E-state index in [1.165, 1.54) is 16.7 Å². The summed E-state index contributed by atoms with van der Waals surface area (Å²) in [7, 11) is 0. The third-order valence-electron chi connectivity index (χ3n) is 2.59. The average Bonchev–Trinajstić information content (AvgIpc) is 2.30. The van der Waals surface area contributed by atoms with Crippen LogP contribution < -0.4 is 0 Å². The second kappa shape index (κ2) is 5.35. The molecule has 0 nitrogen and oxygen atoms in total. The summed E-state index contributed by atoms with van der Waals surface area (Å²) < 4.78 is 0. The quantitative estimate of drug-likeness (QED) is 0.622. The molecule has 0 radical (unpaired) electrons. The van der Waals surface area contributed by atoms with Crippen molar-refractivity contribution in [1.82, 2.24) is 0 Å². The Bertz CT molecular complexity index is 391. The van der Waals surface area contributed by atoms with Crippen molar-refractivity contribution < 1.29 is 0 Å². The SMILES string of the molecule is C=C(C(=C/C)/C(C)=C\C)c1ccccc1. The molecule has 0 atom stereocenters. The van der Waals surface area contributed by atoms with Gasteiger partial charge in [0.25, 0.3) is 0 Å². The minimum atomic E-state index is 1.09. The van der Waals surface area contributed by atoms with Gasteiger partial charge < -0.3 is 0 Å². The van der Waals surface area contributed by atoms with Gasteiger partial charge in [-0.2, -0.15) is 0 Å². The van der Waals surface area contributed by atoms with Gasteiger partial charge in [-0.1, -0.05) is 49.1 Å². The maximum Gasteiger partial charge on any atom is -0.0184 e. The van der Waals surface area contributed by atoms with Crippen molar-refractivity contribution >= 4 is 5.57 Å². The number of hydrogen-bond donors (Lipinski definition) is 0. The molecule has 0 heteroatoms. The zero-order valence-corrected chi connectivity index (χ0v) is 9.75. The van der Waals surface area contributed by atoms with E-state index in [9.17, 15) is 0 Å². The summed E-state index contributed by atoms with van der Waals surface area (Å²) in [6.07, 6.45) is 4.23. The van der Waals surface area contributed by atoms with Crippen LogP contribution in [0.1, 0.15) is 26.3 Å². The molecule has 0 aliphatic rings. The van der Waals surface area contributed by atoms with Gasteiger partial charge in [-0.3, -0.25) is 0 Å². The molecule has 1 rings (SSSR count). The number of rotatable bonds is 3. The van der Waals surface area contributed by atoms with Crippen LogP contribution in [0.2, 0.25) is 0 Å². The van der Waals surface area contributed by atoms with E-state index in [1.54, 1.807) is 0 Å². The molecule has 0 aromatic heterocycles. The van der Waals surface area contributed by atoms with Crippen molar-refractivity contribution in [2.75, 3.05) is 0 Å². The van der Waals surface area contributed by atoms with Crippen LogP contribution in [0.4, 0.5) is 0 Å². The standard InChI is InChI=1S/C15H18/c1-5-12(3)15(6-2)13(4)14-10-8-7-9-11-14/h5-11H,4H2,1-3H3/b12-5-,15-6+. The molecule has 1 aromatic rings. The average molecular weight is 198 g/mol. The van der Waals surface area contributed by atoms with Gasteiger partial charge in [0.2, 0.25) is 0 Å². The third kappa shape index (κ3) is 2.69. The van der Waals surface area contributed by atoms with Gasteiger partial charge in [0.15, 0.2) is 0 Å². The Morgan fingerprint density at radius 1 is 1.07 bits per heavy atom. The van der Waals surface area contributed by atoms with Crippen LogP contribution in [0.5, 0.6) is 0 Å². The minimum absolute atomic E-state index is 1.09. The van der Waals surface area contributed by atoms with Crippen molar-refractivity contribution in [2.45, 2.75) is 20.8 Å². The summed E-state index contributed by atoms with van der Waals surface area (Å²) in [4.78, 5) is 0. The van der Waals surface area contributed by atoms with Crippen LogP contribution in [-0.2, 0) is 0 Å². The van der Waals surface area contributed by atoms with Gasteiger partial charge in [0.05, 0.1) is 0 Å². The Morgan fingerprint density at radius 2 is 1.67 bits per heavy atom. The van der Waals surface area contributed by atoms with Gasteiger partial charge in [0.1, 0.15) is 0 Å². The Labute approximate surface area is 92.6 Å². The summed E-state index contributed by atoms with van der Waals surface area (Å²) in [6, 6.07) is 10.3. The Hall–Kier alpha value is -1.56. The molecule has 0 aliphatic carbocycles.